The number of thioether (sulfide) groups is 1. The Balaban J connectivity index is 1.60. The number of hydrogen-bond donors (Lipinski definition) is 0. The summed E-state index contributed by atoms with van der Waals surface area (Å²) in [4.78, 5) is 1.38. The van der Waals surface area contributed by atoms with Crippen LogP contribution in [0, 0.1) is 0 Å². The lowest BCUT2D eigenvalue weighted by Crippen LogP contribution is -2.14. The van der Waals surface area contributed by atoms with E-state index in [4.69, 9.17) is 4.74 Å². The third kappa shape index (κ3) is 2.77. The summed E-state index contributed by atoms with van der Waals surface area (Å²) in [5.74, 6) is 0. The molecule has 1 heterocycles. The second kappa shape index (κ2) is 5.59. The summed E-state index contributed by atoms with van der Waals surface area (Å²) in [7, 11) is 0. The Morgan fingerprint density at radius 2 is 1.78 bits per heavy atom. The molecular formula is C16H16OS. The fourth-order valence-corrected chi connectivity index (χ4v) is 3.26. The number of ether oxygens (including phenoxy) is 1. The molecule has 2 aromatic carbocycles. The van der Waals surface area contributed by atoms with Crippen LogP contribution < -0.4 is 0 Å². The van der Waals surface area contributed by atoms with Gasteiger partial charge < -0.3 is 4.74 Å². The van der Waals surface area contributed by atoms with Crippen molar-refractivity contribution in [3.05, 3.63) is 65.7 Å². The van der Waals surface area contributed by atoms with Gasteiger partial charge in [0.25, 0.3) is 0 Å². The zero-order valence-corrected chi connectivity index (χ0v) is 11.0. The van der Waals surface area contributed by atoms with Gasteiger partial charge in [-0.05, 0) is 30.0 Å². The Labute approximate surface area is 112 Å². The van der Waals surface area contributed by atoms with Crippen LogP contribution in [0.2, 0.25) is 0 Å². The molecule has 1 aliphatic rings. The predicted octanol–water partition coefficient (Wildman–Crippen LogP) is 4.27. The van der Waals surface area contributed by atoms with Gasteiger partial charge in [0, 0.05) is 4.90 Å². The quantitative estimate of drug-likeness (QED) is 0.811. The molecule has 2 heteroatoms. The number of aryl methyl sites for hydroxylation is 1. The zero-order valence-electron chi connectivity index (χ0n) is 10.2. The van der Waals surface area contributed by atoms with Crippen LogP contribution in [0.1, 0.15) is 17.5 Å². The molecule has 0 bridgehead atoms. The number of hydrogen-bond acceptors (Lipinski definition) is 2. The van der Waals surface area contributed by atoms with Gasteiger partial charge >= 0.3 is 0 Å². The van der Waals surface area contributed by atoms with Crippen LogP contribution in [0.5, 0.6) is 0 Å². The Kier molecular flexibility index (Phi) is 3.67. The van der Waals surface area contributed by atoms with E-state index >= 15 is 0 Å². The molecule has 0 fully saturated rings. The van der Waals surface area contributed by atoms with Crippen LogP contribution in [0.4, 0.5) is 0 Å². The summed E-state index contributed by atoms with van der Waals surface area (Å²) in [5, 5.41) is 0. The van der Waals surface area contributed by atoms with Gasteiger partial charge in [-0.3, -0.25) is 0 Å². The van der Waals surface area contributed by atoms with E-state index in [1.165, 1.54) is 16.0 Å². The smallest absolute Gasteiger partial charge is 0.108 e. The van der Waals surface area contributed by atoms with Gasteiger partial charge in [0.2, 0.25) is 0 Å². The summed E-state index contributed by atoms with van der Waals surface area (Å²) >= 11 is 1.85. The van der Waals surface area contributed by atoms with Gasteiger partial charge in [-0.2, -0.15) is 0 Å². The first kappa shape index (κ1) is 11.8. The molecule has 0 aromatic heterocycles. The largest absolute Gasteiger partial charge is 0.363 e. The van der Waals surface area contributed by atoms with Gasteiger partial charge in [0.15, 0.2) is 0 Å². The minimum absolute atomic E-state index is 0.292. The standard InChI is InChI=1S/C16H16OS/c1-2-6-13(7-3-1)10-11-16-17-12-14-8-4-5-9-15(14)18-16/h1-9,16H,10-12H2. The lowest BCUT2D eigenvalue weighted by atomic mass is 10.1. The predicted molar refractivity (Wildman–Crippen MR) is 75.6 cm³/mol. The number of fused-ring (bicyclic) bond motifs is 1. The third-order valence-corrected chi connectivity index (χ3v) is 4.45. The van der Waals surface area contributed by atoms with Crippen LogP contribution in [0.15, 0.2) is 59.5 Å². The lowest BCUT2D eigenvalue weighted by Gasteiger charge is -2.24. The monoisotopic (exact) mass is 256 g/mol. The van der Waals surface area contributed by atoms with Gasteiger partial charge in [-0.15, -0.1) is 0 Å². The molecule has 1 nitrogen and oxygen atoms in total. The third-order valence-electron chi connectivity index (χ3n) is 3.17. The summed E-state index contributed by atoms with van der Waals surface area (Å²) in [6.07, 6.45) is 2.16. The van der Waals surface area contributed by atoms with E-state index < -0.39 is 0 Å². The lowest BCUT2D eigenvalue weighted by molar-refractivity contribution is 0.0873. The summed E-state index contributed by atoms with van der Waals surface area (Å²) in [5.41, 5.74) is 3.00. The van der Waals surface area contributed by atoms with Crippen LogP contribution in [-0.4, -0.2) is 5.44 Å². The van der Waals surface area contributed by atoms with Crippen molar-refractivity contribution in [3.63, 3.8) is 0 Å². The van der Waals surface area contributed by atoms with Gasteiger partial charge in [-0.1, -0.05) is 60.3 Å². The summed E-state index contributed by atoms with van der Waals surface area (Å²) < 4.78 is 5.89. The molecule has 0 saturated heterocycles. The van der Waals surface area contributed by atoms with E-state index in [-0.39, 0.29) is 0 Å². The molecule has 0 saturated carbocycles. The molecule has 1 atom stereocenters. The van der Waals surface area contributed by atoms with Crippen molar-refractivity contribution in [3.8, 4) is 0 Å². The van der Waals surface area contributed by atoms with Crippen LogP contribution in [0.25, 0.3) is 0 Å². The molecule has 0 amide bonds. The van der Waals surface area contributed by atoms with Crippen molar-refractivity contribution < 1.29 is 4.74 Å². The first-order valence-corrected chi connectivity index (χ1v) is 7.20. The molecule has 0 N–H and O–H groups in total. The van der Waals surface area contributed by atoms with Gasteiger partial charge in [0.05, 0.1) is 6.61 Å². The summed E-state index contributed by atoms with van der Waals surface area (Å²) in [6.45, 7) is 0.753. The maximum absolute atomic E-state index is 5.89. The normalized spacial score (nSPS) is 18.3. The molecule has 0 aliphatic carbocycles. The highest BCUT2D eigenvalue weighted by Crippen LogP contribution is 2.35. The van der Waals surface area contributed by atoms with E-state index in [2.05, 4.69) is 54.6 Å². The van der Waals surface area contributed by atoms with Gasteiger partial charge in [-0.25, -0.2) is 0 Å². The van der Waals surface area contributed by atoms with E-state index in [1.807, 2.05) is 11.8 Å². The van der Waals surface area contributed by atoms with Crippen molar-refractivity contribution >= 4 is 11.8 Å². The maximum Gasteiger partial charge on any atom is 0.108 e. The SMILES string of the molecule is c1ccc(CCC2OCc3ccccc3S2)cc1. The minimum Gasteiger partial charge on any atom is -0.363 e. The molecule has 3 rings (SSSR count). The van der Waals surface area contributed by atoms with Crippen molar-refractivity contribution in [1.82, 2.24) is 0 Å². The topological polar surface area (TPSA) is 9.23 Å². The van der Waals surface area contributed by atoms with E-state index in [1.54, 1.807) is 0 Å². The highest BCUT2D eigenvalue weighted by atomic mass is 32.2. The van der Waals surface area contributed by atoms with E-state index in [9.17, 15) is 0 Å². The second-order valence-corrected chi connectivity index (χ2v) is 5.69. The zero-order chi connectivity index (χ0) is 12.2. The molecule has 0 radical (unpaired) electrons. The number of rotatable bonds is 3. The first-order chi connectivity index (χ1) is 8.92. The Morgan fingerprint density at radius 3 is 2.67 bits per heavy atom. The molecule has 1 aliphatic heterocycles. The van der Waals surface area contributed by atoms with Crippen LogP contribution >= 0.6 is 11.8 Å². The number of benzene rings is 2. The fourth-order valence-electron chi connectivity index (χ4n) is 2.17. The molecule has 2 aromatic rings. The molecule has 18 heavy (non-hydrogen) atoms. The molecule has 0 spiro atoms. The maximum atomic E-state index is 5.89. The van der Waals surface area contributed by atoms with E-state index in [0.717, 1.165) is 19.4 Å². The Hall–Kier alpha value is -1.25. The highest BCUT2D eigenvalue weighted by molar-refractivity contribution is 7.99. The summed E-state index contributed by atoms with van der Waals surface area (Å²) in [6, 6.07) is 19.1. The molecule has 92 valence electrons. The van der Waals surface area contributed by atoms with E-state index in [0.29, 0.717) is 5.44 Å². The highest BCUT2D eigenvalue weighted by Gasteiger charge is 2.18. The average Bonchev–Trinajstić information content (AvgIpc) is 2.46. The minimum atomic E-state index is 0.292. The van der Waals surface area contributed by atoms with Crippen molar-refractivity contribution in [2.24, 2.45) is 0 Å². The van der Waals surface area contributed by atoms with Crippen molar-refractivity contribution in [1.29, 1.82) is 0 Å². The first-order valence-electron chi connectivity index (χ1n) is 6.32. The van der Waals surface area contributed by atoms with Crippen molar-refractivity contribution in [2.75, 3.05) is 0 Å². The Bertz CT molecular complexity index is 510. The van der Waals surface area contributed by atoms with Gasteiger partial charge in [0.1, 0.15) is 5.44 Å². The van der Waals surface area contributed by atoms with Crippen LogP contribution in [0.3, 0.4) is 0 Å². The second-order valence-electron chi connectivity index (χ2n) is 4.49. The van der Waals surface area contributed by atoms with Crippen molar-refractivity contribution in [2.45, 2.75) is 29.8 Å². The Morgan fingerprint density at radius 1 is 1.00 bits per heavy atom. The molecule has 1 unspecified atom stereocenters. The molecular weight excluding hydrogens is 240 g/mol. The fraction of sp³-hybridized carbons (Fsp3) is 0.250. The van der Waals surface area contributed by atoms with Crippen LogP contribution in [-0.2, 0) is 17.8 Å². The average molecular weight is 256 g/mol.